The Balaban J connectivity index is 1.71. The molecule has 0 amide bonds. The van der Waals surface area contributed by atoms with E-state index in [1.165, 1.54) is 60.8 Å². The second-order valence-corrected chi connectivity index (χ2v) is 7.22. The van der Waals surface area contributed by atoms with Gasteiger partial charge in [-0.15, -0.1) is 0 Å². The molecule has 0 bridgehead atoms. The average Bonchev–Trinajstić information content (AvgIpc) is 2.97. The van der Waals surface area contributed by atoms with Crippen LogP contribution in [-0.4, -0.2) is 18.6 Å². The monoisotopic (exact) mass is 336 g/mol. The first-order valence-electron chi connectivity index (χ1n) is 8.00. The van der Waals surface area contributed by atoms with Gasteiger partial charge in [0.15, 0.2) is 0 Å². The van der Waals surface area contributed by atoms with E-state index in [9.17, 15) is 0 Å². The molecule has 3 unspecified atom stereocenters. The van der Waals surface area contributed by atoms with Gasteiger partial charge in [-0.3, -0.25) is 0 Å². The molecule has 110 valence electrons. The lowest BCUT2D eigenvalue weighted by molar-refractivity contribution is 0.263. The highest BCUT2D eigenvalue weighted by Gasteiger charge is 2.33. The summed E-state index contributed by atoms with van der Waals surface area (Å²) in [6, 6.07) is 8.00. The van der Waals surface area contributed by atoms with Gasteiger partial charge in [0.05, 0.1) is 0 Å². The first kappa shape index (κ1) is 14.4. The van der Waals surface area contributed by atoms with Gasteiger partial charge in [-0.1, -0.05) is 34.8 Å². The third-order valence-corrected chi connectivity index (χ3v) is 5.81. The van der Waals surface area contributed by atoms with Gasteiger partial charge in [0.25, 0.3) is 0 Å². The number of halogens is 1. The van der Waals surface area contributed by atoms with Crippen molar-refractivity contribution in [3.8, 4) is 0 Å². The Bertz CT molecular complexity index is 454. The molecule has 2 aliphatic rings. The van der Waals surface area contributed by atoms with Crippen molar-refractivity contribution in [3.05, 3.63) is 28.2 Å². The van der Waals surface area contributed by atoms with Gasteiger partial charge in [-0.05, 0) is 62.8 Å². The van der Waals surface area contributed by atoms with E-state index >= 15 is 0 Å². The summed E-state index contributed by atoms with van der Waals surface area (Å²) in [5.74, 6) is 0.798. The maximum absolute atomic E-state index is 3.81. The molecule has 1 saturated heterocycles. The molecule has 1 aliphatic carbocycles. The molecule has 3 atom stereocenters. The van der Waals surface area contributed by atoms with Gasteiger partial charge in [-0.2, -0.15) is 0 Å². The Kier molecular flexibility index (Phi) is 4.67. The third kappa shape index (κ3) is 3.20. The maximum Gasteiger partial charge on any atom is 0.0353 e. The summed E-state index contributed by atoms with van der Waals surface area (Å²) in [4.78, 5) is 0. The standard InChI is InChI=1S/C17H25BrN2/c1-12-8-9-13(11-15(12)18)20-17-6-3-2-5-14(17)16-7-4-10-19-16/h8-9,11,14,16-17,19-20H,2-7,10H2,1H3. The van der Waals surface area contributed by atoms with Crippen LogP contribution in [0.3, 0.4) is 0 Å². The number of benzene rings is 1. The molecular weight excluding hydrogens is 312 g/mol. The molecule has 0 spiro atoms. The van der Waals surface area contributed by atoms with E-state index in [1.807, 2.05) is 0 Å². The summed E-state index contributed by atoms with van der Waals surface area (Å²) < 4.78 is 1.20. The van der Waals surface area contributed by atoms with Crippen LogP contribution < -0.4 is 10.6 Å². The van der Waals surface area contributed by atoms with Gasteiger partial charge in [0.1, 0.15) is 0 Å². The van der Waals surface area contributed by atoms with Crippen LogP contribution in [0.25, 0.3) is 0 Å². The van der Waals surface area contributed by atoms with Crippen molar-refractivity contribution in [1.82, 2.24) is 5.32 Å². The Morgan fingerprint density at radius 1 is 1.15 bits per heavy atom. The van der Waals surface area contributed by atoms with E-state index in [-0.39, 0.29) is 0 Å². The predicted molar refractivity (Wildman–Crippen MR) is 89.3 cm³/mol. The van der Waals surface area contributed by atoms with Crippen molar-refractivity contribution in [2.24, 2.45) is 5.92 Å². The minimum atomic E-state index is 0.633. The molecule has 1 saturated carbocycles. The van der Waals surface area contributed by atoms with Crippen LogP contribution in [0.15, 0.2) is 22.7 Å². The Labute approximate surface area is 130 Å². The van der Waals surface area contributed by atoms with Crippen LogP contribution in [0.4, 0.5) is 5.69 Å². The van der Waals surface area contributed by atoms with Crippen LogP contribution in [0, 0.1) is 12.8 Å². The van der Waals surface area contributed by atoms with Crippen molar-refractivity contribution >= 4 is 21.6 Å². The fraction of sp³-hybridized carbons (Fsp3) is 0.647. The number of aryl methyl sites for hydroxylation is 1. The number of hydrogen-bond acceptors (Lipinski definition) is 2. The molecule has 1 aromatic rings. The van der Waals surface area contributed by atoms with Crippen LogP contribution in [0.2, 0.25) is 0 Å². The van der Waals surface area contributed by atoms with E-state index in [0.29, 0.717) is 6.04 Å². The fourth-order valence-corrected chi connectivity index (χ4v) is 4.17. The lowest BCUT2D eigenvalue weighted by Crippen LogP contribution is -2.43. The molecule has 1 aromatic carbocycles. The quantitative estimate of drug-likeness (QED) is 0.850. The molecule has 0 radical (unpaired) electrons. The third-order valence-electron chi connectivity index (χ3n) is 4.96. The molecule has 2 N–H and O–H groups in total. The average molecular weight is 337 g/mol. The van der Waals surface area contributed by atoms with Gasteiger partial charge in [0.2, 0.25) is 0 Å². The second kappa shape index (κ2) is 6.48. The zero-order chi connectivity index (χ0) is 13.9. The highest BCUT2D eigenvalue weighted by atomic mass is 79.9. The summed E-state index contributed by atoms with van der Waals surface area (Å²) in [5, 5.41) is 7.52. The first-order valence-corrected chi connectivity index (χ1v) is 8.79. The highest BCUT2D eigenvalue weighted by molar-refractivity contribution is 9.10. The summed E-state index contributed by atoms with van der Waals surface area (Å²) in [7, 11) is 0. The molecule has 1 heterocycles. The lowest BCUT2D eigenvalue weighted by atomic mass is 9.79. The van der Waals surface area contributed by atoms with Gasteiger partial charge in [0, 0.05) is 22.2 Å². The molecular formula is C17H25BrN2. The SMILES string of the molecule is Cc1ccc(NC2CCCCC2C2CCCN2)cc1Br. The minimum Gasteiger partial charge on any atom is -0.382 e. The molecule has 20 heavy (non-hydrogen) atoms. The zero-order valence-electron chi connectivity index (χ0n) is 12.3. The first-order chi connectivity index (χ1) is 9.74. The van der Waals surface area contributed by atoms with E-state index < -0.39 is 0 Å². The molecule has 2 nitrogen and oxygen atoms in total. The van der Waals surface area contributed by atoms with E-state index in [0.717, 1.165) is 12.0 Å². The topological polar surface area (TPSA) is 24.1 Å². The smallest absolute Gasteiger partial charge is 0.0353 e. The molecule has 0 aromatic heterocycles. The van der Waals surface area contributed by atoms with Crippen molar-refractivity contribution in [2.75, 3.05) is 11.9 Å². The van der Waals surface area contributed by atoms with Gasteiger partial charge >= 0.3 is 0 Å². The predicted octanol–water partition coefficient (Wildman–Crippen LogP) is 4.48. The summed E-state index contributed by atoms with van der Waals surface area (Å²) in [5.41, 5.74) is 2.56. The van der Waals surface area contributed by atoms with Crippen molar-refractivity contribution in [3.63, 3.8) is 0 Å². The van der Waals surface area contributed by atoms with Crippen molar-refractivity contribution in [2.45, 2.75) is 57.5 Å². The van der Waals surface area contributed by atoms with E-state index in [2.05, 4.69) is 51.7 Å². The molecule has 1 aliphatic heterocycles. The number of hydrogen-bond donors (Lipinski definition) is 2. The highest BCUT2D eigenvalue weighted by Crippen LogP contribution is 2.33. The lowest BCUT2D eigenvalue weighted by Gasteiger charge is -2.37. The van der Waals surface area contributed by atoms with Crippen LogP contribution >= 0.6 is 15.9 Å². The Morgan fingerprint density at radius 3 is 2.75 bits per heavy atom. The fourth-order valence-electron chi connectivity index (χ4n) is 3.79. The maximum atomic E-state index is 3.81. The molecule has 2 fully saturated rings. The normalized spacial score (nSPS) is 30.4. The second-order valence-electron chi connectivity index (χ2n) is 6.37. The largest absolute Gasteiger partial charge is 0.382 e. The Hall–Kier alpha value is -0.540. The molecule has 3 heteroatoms. The Morgan fingerprint density at radius 2 is 2.00 bits per heavy atom. The number of nitrogens with one attached hydrogen (secondary N) is 2. The zero-order valence-corrected chi connectivity index (χ0v) is 13.9. The van der Waals surface area contributed by atoms with Crippen LogP contribution in [0.5, 0.6) is 0 Å². The molecule has 3 rings (SSSR count). The summed E-state index contributed by atoms with van der Waals surface area (Å²) in [6.07, 6.45) is 8.17. The minimum absolute atomic E-state index is 0.633. The number of rotatable bonds is 3. The summed E-state index contributed by atoms with van der Waals surface area (Å²) in [6.45, 7) is 3.35. The van der Waals surface area contributed by atoms with E-state index in [4.69, 9.17) is 0 Å². The number of anilines is 1. The van der Waals surface area contributed by atoms with Crippen LogP contribution in [0.1, 0.15) is 44.1 Å². The van der Waals surface area contributed by atoms with Gasteiger partial charge in [-0.25, -0.2) is 0 Å². The van der Waals surface area contributed by atoms with Crippen molar-refractivity contribution < 1.29 is 0 Å². The van der Waals surface area contributed by atoms with Gasteiger partial charge < -0.3 is 10.6 Å². The van der Waals surface area contributed by atoms with Crippen LogP contribution in [-0.2, 0) is 0 Å². The van der Waals surface area contributed by atoms with Crippen molar-refractivity contribution in [1.29, 1.82) is 0 Å². The summed E-state index contributed by atoms with van der Waals surface area (Å²) >= 11 is 3.64. The van der Waals surface area contributed by atoms with E-state index in [1.54, 1.807) is 0 Å².